The molecule has 0 fully saturated rings. The molecule has 0 aliphatic rings. The monoisotopic (exact) mass is 379 g/mol. The van der Waals surface area contributed by atoms with Gasteiger partial charge in [0.05, 0.1) is 22.8 Å². The van der Waals surface area contributed by atoms with Crippen LogP contribution in [0.15, 0.2) is 30.3 Å². The molecule has 0 spiro atoms. The van der Waals surface area contributed by atoms with Gasteiger partial charge in [0.15, 0.2) is 5.13 Å². The summed E-state index contributed by atoms with van der Waals surface area (Å²) in [6, 6.07) is 7.27. The van der Waals surface area contributed by atoms with E-state index in [1.807, 2.05) is 19.1 Å². The van der Waals surface area contributed by atoms with Crippen LogP contribution in [-0.2, 0) is 11.3 Å². The molecule has 3 rings (SSSR count). The third kappa shape index (κ3) is 4.21. The molecular weight excluding hydrogens is 364 g/mol. The van der Waals surface area contributed by atoms with Crippen LogP contribution >= 0.6 is 22.7 Å². The highest BCUT2D eigenvalue weighted by atomic mass is 32.1. The molecule has 8 heteroatoms. The first-order valence-corrected chi connectivity index (χ1v) is 9.08. The highest BCUT2D eigenvalue weighted by Crippen LogP contribution is 2.36. The molecule has 25 heavy (non-hydrogen) atoms. The molecule has 4 nitrogen and oxygen atoms in total. The second kappa shape index (κ2) is 7.28. The summed E-state index contributed by atoms with van der Waals surface area (Å²) in [5.74, 6) is -1.36. The van der Waals surface area contributed by atoms with E-state index in [4.69, 9.17) is 0 Å². The van der Waals surface area contributed by atoms with Crippen LogP contribution in [0, 0.1) is 18.6 Å². The average molecular weight is 379 g/mol. The summed E-state index contributed by atoms with van der Waals surface area (Å²) < 4.78 is 26.7. The van der Waals surface area contributed by atoms with Gasteiger partial charge in [-0.05, 0) is 31.2 Å². The Balaban J connectivity index is 1.79. The van der Waals surface area contributed by atoms with Crippen molar-refractivity contribution in [2.45, 2.75) is 20.4 Å². The fourth-order valence-corrected chi connectivity index (χ4v) is 4.10. The van der Waals surface area contributed by atoms with E-state index >= 15 is 0 Å². The smallest absolute Gasteiger partial charge is 0.217 e. The topological polar surface area (TPSA) is 54.0 Å². The van der Waals surface area contributed by atoms with Gasteiger partial charge in [0.2, 0.25) is 5.91 Å². The average Bonchev–Trinajstić information content (AvgIpc) is 3.14. The van der Waals surface area contributed by atoms with Gasteiger partial charge in [-0.25, -0.2) is 13.8 Å². The van der Waals surface area contributed by atoms with E-state index < -0.39 is 11.6 Å². The Morgan fingerprint density at radius 1 is 1.20 bits per heavy atom. The number of carbonyl (C=O) groups excluding carboxylic acids is 1. The van der Waals surface area contributed by atoms with Crippen LogP contribution in [-0.4, -0.2) is 10.9 Å². The Bertz CT molecular complexity index is 921. The fraction of sp³-hybridized carbons (Fsp3) is 0.176. The molecule has 2 aromatic heterocycles. The summed E-state index contributed by atoms with van der Waals surface area (Å²) in [5, 5.41) is 6.19. The molecule has 1 aromatic carbocycles. The zero-order chi connectivity index (χ0) is 18.0. The molecular formula is C17H15F2N3OS2. The number of benzene rings is 1. The van der Waals surface area contributed by atoms with Crippen molar-refractivity contribution < 1.29 is 13.6 Å². The molecule has 2 heterocycles. The summed E-state index contributed by atoms with van der Waals surface area (Å²) >= 11 is 2.94. The summed E-state index contributed by atoms with van der Waals surface area (Å²) in [4.78, 5) is 18.5. The highest BCUT2D eigenvalue weighted by Gasteiger charge is 2.14. The minimum Gasteiger partial charge on any atom is -0.351 e. The van der Waals surface area contributed by atoms with E-state index in [-0.39, 0.29) is 11.6 Å². The van der Waals surface area contributed by atoms with Crippen LogP contribution in [0.4, 0.5) is 19.6 Å². The number of aromatic nitrogens is 1. The second-order valence-electron chi connectivity index (χ2n) is 5.35. The van der Waals surface area contributed by atoms with Crippen LogP contribution in [0.5, 0.6) is 0 Å². The van der Waals surface area contributed by atoms with Crippen molar-refractivity contribution in [1.29, 1.82) is 0 Å². The maximum absolute atomic E-state index is 13.8. The van der Waals surface area contributed by atoms with Crippen LogP contribution in [0.25, 0.3) is 10.6 Å². The van der Waals surface area contributed by atoms with Crippen molar-refractivity contribution in [3.63, 3.8) is 0 Å². The van der Waals surface area contributed by atoms with Gasteiger partial charge in [-0.3, -0.25) is 4.79 Å². The van der Waals surface area contributed by atoms with Gasteiger partial charge >= 0.3 is 0 Å². The quantitative estimate of drug-likeness (QED) is 0.667. The van der Waals surface area contributed by atoms with E-state index in [1.165, 1.54) is 30.4 Å². The van der Waals surface area contributed by atoms with Crippen molar-refractivity contribution in [2.24, 2.45) is 0 Å². The number of hydrogen-bond donors (Lipinski definition) is 2. The number of amides is 1. The summed E-state index contributed by atoms with van der Waals surface area (Å²) in [7, 11) is 0. The molecule has 0 aliphatic heterocycles. The largest absolute Gasteiger partial charge is 0.351 e. The Hall–Kier alpha value is -2.32. The lowest BCUT2D eigenvalue weighted by atomic mass is 10.3. The van der Waals surface area contributed by atoms with E-state index in [0.29, 0.717) is 11.7 Å². The van der Waals surface area contributed by atoms with Gasteiger partial charge in [0.1, 0.15) is 11.6 Å². The fourth-order valence-electron chi connectivity index (χ4n) is 2.20. The van der Waals surface area contributed by atoms with Gasteiger partial charge in [0, 0.05) is 22.7 Å². The number of hydrogen-bond acceptors (Lipinski definition) is 5. The first-order valence-electron chi connectivity index (χ1n) is 7.45. The van der Waals surface area contributed by atoms with Crippen molar-refractivity contribution in [3.05, 3.63) is 51.7 Å². The lowest BCUT2D eigenvalue weighted by Gasteiger charge is -2.03. The molecule has 0 bridgehead atoms. The van der Waals surface area contributed by atoms with E-state index in [0.717, 1.165) is 26.4 Å². The number of nitrogens with one attached hydrogen (secondary N) is 2. The second-order valence-corrected chi connectivity index (χ2v) is 7.72. The molecule has 0 unspecified atom stereocenters. The minimum absolute atomic E-state index is 0.0763. The highest BCUT2D eigenvalue weighted by molar-refractivity contribution is 7.18. The van der Waals surface area contributed by atoms with Crippen molar-refractivity contribution in [1.82, 2.24) is 10.3 Å². The normalized spacial score (nSPS) is 10.7. The zero-order valence-corrected chi connectivity index (χ0v) is 15.2. The third-order valence-corrected chi connectivity index (χ3v) is 5.35. The van der Waals surface area contributed by atoms with E-state index in [2.05, 4.69) is 15.6 Å². The number of thiophene rings is 1. The molecule has 2 N–H and O–H groups in total. The van der Waals surface area contributed by atoms with Crippen molar-refractivity contribution >= 4 is 39.4 Å². The number of nitrogens with zero attached hydrogens (tertiary/aromatic N) is 1. The number of anilines is 2. The SMILES string of the molecule is CC(=O)NCc1ccc(-c2nc(Nc3ccc(F)cc3F)sc2C)s1. The standard InChI is InChI=1S/C17H15F2N3OS2/c1-9-16(15-6-4-12(25-15)8-20-10(2)23)22-17(24-9)21-14-5-3-11(18)7-13(14)19/h3-7H,8H2,1-2H3,(H,20,23)(H,21,22). The van der Waals surface area contributed by atoms with Gasteiger partial charge in [-0.2, -0.15) is 0 Å². The minimum atomic E-state index is -0.664. The van der Waals surface area contributed by atoms with Crippen molar-refractivity contribution in [2.75, 3.05) is 5.32 Å². The maximum atomic E-state index is 13.8. The maximum Gasteiger partial charge on any atom is 0.217 e. The summed E-state index contributed by atoms with van der Waals surface area (Å²) in [6.45, 7) is 3.90. The Morgan fingerprint density at radius 2 is 2.00 bits per heavy atom. The lowest BCUT2D eigenvalue weighted by Crippen LogP contribution is -2.17. The third-order valence-electron chi connectivity index (χ3n) is 3.38. The van der Waals surface area contributed by atoms with Gasteiger partial charge in [-0.15, -0.1) is 22.7 Å². The first-order chi connectivity index (χ1) is 11.9. The summed E-state index contributed by atoms with van der Waals surface area (Å²) in [5.41, 5.74) is 0.994. The predicted molar refractivity (Wildman–Crippen MR) is 97.3 cm³/mol. The van der Waals surface area contributed by atoms with Crippen LogP contribution in [0.2, 0.25) is 0 Å². The molecule has 3 aromatic rings. The van der Waals surface area contributed by atoms with Crippen molar-refractivity contribution in [3.8, 4) is 10.6 Å². The van der Waals surface area contributed by atoms with Crippen LogP contribution in [0.1, 0.15) is 16.7 Å². The van der Waals surface area contributed by atoms with E-state index in [9.17, 15) is 13.6 Å². The predicted octanol–water partition coefficient (Wildman–Crippen LogP) is 4.84. The number of halogens is 2. The molecule has 0 saturated heterocycles. The molecule has 0 radical (unpaired) electrons. The Labute approximate surface area is 151 Å². The zero-order valence-electron chi connectivity index (χ0n) is 13.5. The molecule has 0 atom stereocenters. The van der Waals surface area contributed by atoms with E-state index in [1.54, 1.807) is 11.3 Å². The summed E-state index contributed by atoms with van der Waals surface area (Å²) in [6.07, 6.45) is 0. The van der Waals surface area contributed by atoms with Crippen LogP contribution in [0.3, 0.4) is 0 Å². The Kier molecular flexibility index (Phi) is 5.10. The molecule has 0 aliphatic carbocycles. The molecule has 0 saturated carbocycles. The molecule has 1 amide bonds. The number of rotatable bonds is 5. The number of thiazole rings is 1. The Morgan fingerprint density at radius 3 is 2.72 bits per heavy atom. The van der Waals surface area contributed by atoms with Gasteiger partial charge < -0.3 is 10.6 Å². The number of aryl methyl sites for hydroxylation is 1. The number of carbonyl (C=O) groups is 1. The first kappa shape index (κ1) is 17.5. The van der Waals surface area contributed by atoms with Gasteiger partial charge in [0.25, 0.3) is 0 Å². The van der Waals surface area contributed by atoms with Gasteiger partial charge in [-0.1, -0.05) is 0 Å². The molecule has 130 valence electrons. The van der Waals surface area contributed by atoms with Crippen LogP contribution < -0.4 is 10.6 Å². The lowest BCUT2D eigenvalue weighted by molar-refractivity contribution is -0.119.